The van der Waals surface area contributed by atoms with E-state index < -0.39 is 0 Å². The first-order chi connectivity index (χ1) is 7.24. The Morgan fingerprint density at radius 3 is 2.80 bits per heavy atom. The SMILES string of the molecule is CC1CSC(=NCc2ccc(F)cc2)N1. The van der Waals surface area contributed by atoms with Crippen LogP contribution in [0.2, 0.25) is 0 Å². The molecule has 2 rings (SSSR count). The van der Waals surface area contributed by atoms with Gasteiger partial charge in [0.05, 0.1) is 6.54 Å². The Morgan fingerprint density at radius 1 is 1.47 bits per heavy atom. The summed E-state index contributed by atoms with van der Waals surface area (Å²) in [5.41, 5.74) is 1.03. The van der Waals surface area contributed by atoms with Gasteiger partial charge in [-0.25, -0.2) is 4.39 Å². The van der Waals surface area contributed by atoms with Crippen molar-refractivity contribution in [2.75, 3.05) is 5.75 Å². The molecule has 2 nitrogen and oxygen atoms in total. The van der Waals surface area contributed by atoms with Gasteiger partial charge >= 0.3 is 0 Å². The lowest BCUT2D eigenvalue weighted by molar-refractivity contribution is 0.627. The smallest absolute Gasteiger partial charge is 0.157 e. The molecule has 0 saturated carbocycles. The zero-order valence-corrected chi connectivity index (χ0v) is 9.35. The van der Waals surface area contributed by atoms with Crippen LogP contribution in [-0.4, -0.2) is 17.0 Å². The number of nitrogens with one attached hydrogen (secondary N) is 1. The highest BCUT2D eigenvalue weighted by atomic mass is 32.2. The van der Waals surface area contributed by atoms with Crippen LogP contribution >= 0.6 is 11.8 Å². The van der Waals surface area contributed by atoms with E-state index in [0.29, 0.717) is 12.6 Å². The molecule has 4 heteroatoms. The van der Waals surface area contributed by atoms with E-state index in [0.717, 1.165) is 16.5 Å². The number of rotatable bonds is 2. The van der Waals surface area contributed by atoms with Crippen molar-refractivity contribution in [3.8, 4) is 0 Å². The van der Waals surface area contributed by atoms with E-state index in [2.05, 4.69) is 17.2 Å². The van der Waals surface area contributed by atoms with Crippen LogP contribution in [0.5, 0.6) is 0 Å². The Balaban J connectivity index is 1.95. The molecule has 0 bridgehead atoms. The van der Waals surface area contributed by atoms with Crippen molar-refractivity contribution in [1.29, 1.82) is 0 Å². The van der Waals surface area contributed by atoms with Crippen LogP contribution in [0.25, 0.3) is 0 Å². The summed E-state index contributed by atoms with van der Waals surface area (Å²) in [5, 5.41) is 4.27. The highest BCUT2D eigenvalue weighted by Gasteiger charge is 2.14. The van der Waals surface area contributed by atoms with Gasteiger partial charge in [-0.2, -0.15) is 0 Å². The van der Waals surface area contributed by atoms with Gasteiger partial charge in [0.25, 0.3) is 0 Å². The Morgan fingerprint density at radius 2 is 2.20 bits per heavy atom. The van der Waals surface area contributed by atoms with E-state index >= 15 is 0 Å². The van der Waals surface area contributed by atoms with Crippen molar-refractivity contribution in [2.24, 2.45) is 4.99 Å². The summed E-state index contributed by atoms with van der Waals surface area (Å²) in [7, 11) is 0. The van der Waals surface area contributed by atoms with Crippen molar-refractivity contribution in [3.05, 3.63) is 35.6 Å². The van der Waals surface area contributed by atoms with Gasteiger partial charge in [0.1, 0.15) is 5.82 Å². The fourth-order valence-corrected chi connectivity index (χ4v) is 2.27. The summed E-state index contributed by atoms with van der Waals surface area (Å²) >= 11 is 1.74. The van der Waals surface area contributed by atoms with Gasteiger partial charge < -0.3 is 5.32 Å². The third-order valence-electron chi connectivity index (χ3n) is 2.16. The number of benzene rings is 1. The molecule has 1 atom stereocenters. The lowest BCUT2D eigenvalue weighted by atomic mass is 10.2. The Labute approximate surface area is 93.0 Å². The summed E-state index contributed by atoms with van der Waals surface area (Å²) in [6.07, 6.45) is 0. The maximum atomic E-state index is 12.6. The quantitative estimate of drug-likeness (QED) is 0.834. The number of amidine groups is 1. The normalized spacial score (nSPS) is 23.1. The minimum absolute atomic E-state index is 0.201. The zero-order valence-electron chi connectivity index (χ0n) is 8.53. The molecule has 1 fully saturated rings. The van der Waals surface area contributed by atoms with E-state index in [-0.39, 0.29) is 5.82 Å². The molecule has 1 aromatic rings. The standard InChI is InChI=1S/C11H13FN2S/c1-8-7-15-11(14-8)13-6-9-2-4-10(12)5-3-9/h2-5,8H,6-7H2,1H3,(H,13,14). The fraction of sp³-hybridized carbons (Fsp3) is 0.364. The number of nitrogens with zero attached hydrogens (tertiary/aromatic N) is 1. The van der Waals surface area contributed by atoms with Gasteiger partial charge in [-0.3, -0.25) is 4.99 Å². The Kier molecular flexibility index (Phi) is 3.26. The molecule has 1 aliphatic rings. The van der Waals surface area contributed by atoms with Gasteiger partial charge in [0.15, 0.2) is 5.17 Å². The molecule has 0 spiro atoms. The van der Waals surface area contributed by atoms with Crippen molar-refractivity contribution < 1.29 is 4.39 Å². The molecule has 1 aromatic carbocycles. The Bertz CT molecular complexity index is 361. The second kappa shape index (κ2) is 4.66. The molecule has 0 amide bonds. The lowest BCUT2D eigenvalue weighted by Crippen LogP contribution is -2.23. The average molecular weight is 224 g/mol. The monoisotopic (exact) mass is 224 g/mol. The van der Waals surface area contributed by atoms with Crippen LogP contribution in [0, 0.1) is 5.82 Å². The molecule has 1 N–H and O–H groups in total. The maximum absolute atomic E-state index is 12.6. The van der Waals surface area contributed by atoms with Gasteiger partial charge in [-0.1, -0.05) is 23.9 Å². The third-order valence-corrected chi connectivity index (χ3v) is 3.35. The van der Waals surface area contributed by atoms with Gasteiger partial charge in [-0.15, -0.1) is 0 Å². The summed E-state index contributed by atoms with van der Waals surface area (Å²) in [4.78, 5) is 4.42. The second-order valence-corrected chi connectivity index (χ2v) is 4.61. The first-order valence-electron chi connectivity index (χ1n) is 4.92. The van der Waals surface area contributed by atoms with E-state index in [4.69, 9.17) is 0 Å². The largest absolute Gasteiger partial charge is 0.362 e. The highest BCUT2D eigenvalue weighted by molar-refractivity contribution is 8.14. The van der Waals surface area contributed by atoms with Crippen LogP contribution in [0.4, 0.5) is 4.39 Å². The molecule has 1 heterocycles. The fourth-order valence-electron chi connectivity index (χ4n) is 1.34. The second-order valence-electron chi connectivity index (χ2n) is 3.60. The van der Waals surface area contributed by atoms with Crippen LogP contribution in [0.3, 0.4) is 0 Å². The van der Waals surface area contributed by atoms with Crippen molar-refractivity contribution in [1.82, 2.24) is 5.32 Å². The number of aliphatic imine (C=N–C) groups is 1. The van der Waals surface area contributed by atoms with Crippen LogP contribution in [0.15, 0.2) is 29.3 Å². The number of hydrogen-bond donors (Lipinski definition) is 1. The van der Waals surface area contributed by atoms with Crippen LogP contribution < -0.4 is 5.32 Å². The van der Waals surface area contributed by atoms with Crippen molar-refractivity contribution in [3.63, 3.8) is 0 Å². The Hall–Kier alpha value is -1.03. The summed E-state index contributed by atoms with van der Waals surface area (Å²) in [5.74, 6) is 0.871. The summed E-state index contributed by atoms with van der Waals surface area (Å²) < 4.78 is 12.6. The van der Waals surface area contributed by atoms with E-state index in [9.17, 15) is 4.39 Å². The molecule has 0 radical (unpaired) electrons. The molecule has 15 heavy (non-hydrogen) atoms. The zero-order chi connectivity index (χ0) is 10.7. The van der Waals surface area contributed by atoms with Crippen LogP contribution in [0.1, 0.15) is 12.5 Å². The molecule has 0 aliphatic carbocycles. The van der Waals surface area contributed by atoms with E-state index in [1.54, 1.807) is 23.9 Å². The van der Waals surface area contributed by atoms with Crippen molar-refractivity contribution >= 4 is 16.9 Å². The van der Waals surface area contributed by atoms with E-state index in [1.807, 2.05) is 0 Å². The number of thioether (sulfide) groups is 1. The number of halogens is 1. The lowest BCUT2D eigenvalue weighted by Gasteiger charge is -2.01. The van der Waals surface area contributed by atoms with Crippen LogP contribution in [-0.2, 0) is 6.54 Å². The molecular formula is C11H13FN2S. The first kappa shape index (κ1) is 10.5. The average Bonchev–Trinajstić information content (AvgIpc) is 2.64. The maximum Gasteiger partial charge on any atom is 0.157 e. The summed E-state index contributed by atoms with van der Waals surface area (Å²) in [6, 6.07) is 6.97. The number of hydrogen-bond acceptors (Lipinski definition) is 2. The molecule has 1 unspecified atom stereocenters. The predicted molar refractivity (Wildman–Crippen MR) is 62.6 cm³/mol. The first-order valence-corrected chi connectivity index (χ1v) is 5.91. The highest BCUT2D eigenvalue weighted by Crippen LogP contribution is 2.14. The molecular weight excluding hydrogens is 211 g/mol. The predicted octanol–water partition coefficient (Wildman–Crippen LogP) is 2.41. The summed E-state index contributed by atoms with van der Waals surface area (Å²) in [6.45, 7) is 2.75. The van der Waals surface area contributed by atoms with Gasteiger partial charge in [0.2, 0.25) is 0 Å². The minimum Gasteiger partial charge on any atom is -0.362 e. The van der Waals surface area contributed by atoms with Gasteiger partial charge in [0, 0.05) is 11.8 Å². The third kappa shape index (κ3) is 2.96. The molecule has 1 aliphatic heterocycles. The van der Waals surface area contributed by atoms with Gasteiger partial charge in [-0.05, 0) is 24.6 Å². The topological polar surface area (TPSA) is 24.4 Å². The molecule has 1 saturated heterocycles. The molecule has 0 aromatic heterocycles. The van der Waals surface area contributed by atoms with Crippen molar-refractivity contribution in [2.45, 2.75) is 19.5 Å². The minimum atomic E-state index is -0.201. The van der Waals surface area contributed by atoms with E-state index in [1.165, 1.54) is 12.1 Å². The molecule has 80 valence electrons.